The first-order chi connectivity index (χ1) is 14.9. The van der Waals surface area contributed by atoms with Crippen LogP contribution in [0.4, 0.5) is 18.9 Å². The molecule has 3 rings (SSSR count). The van der Waals surface area contributed by atoms with Gasteiger partial charge in [-0.15, -0.1) is 0 Å². The number of alkyl halides is 3. The van der Waals surface area contributed by atoms with Crippen LogP contribution in [0.25, 0.3) is 0 Å². The first-order valence-corrected chi connectivity index (χ1v) is 10.4. The number of halogens is 4. The van der Waals surface area contributed by atoms with Gasteiger partial charge in [0.25, 0.3) is 5.91 Å². The number of fused-ring (bicyclic) bond motifs is 1. The minimum Gasteiger partial charge on any atom is -0.372 e. The fourth-order valence-electron chi connectivity index (χ4n) is 4.24. The molecule has 3 N–H and O–H groups in total. The topological polar surface area (TPSA) is 86.9 Å². The van der Waals surface area contributed by atoms with Gasteiger partial charge in [-0.1, -0.05) is 43.6 Å². The van der Waals surface area contributed by atoms with Gasteiger partial charge in [0.2, 0.25) is 5.91 Å². The van der Waals surface area contributed by atoms with Crippen LogP contribution in [0, 0.1) is 0 Å². The van der Waals surface area contributed by atoms with Gasteiger partial charge in [-0.2, -0.15) is 13.2 Å². The van der Waals surface area contributed by atoms with E-state index in [2.05, 4.69) is 0 Å². The number of hydrogen-bond acceptors (Lipinski definition) is 4. The second kappa shape index (κ2) is 8.38. The fraction of sp³-hybridized carbons (Fsp3) is 0.364. The van der Waals surface area contributed by atoms with Crippen molar-refractivity contribution in [1.82, 2.24) is 4.90 Å². The molecule has 10 heteroatoms. The monoisotopic (exact) mass is 469 g/mol. The molecule has 2 atom stereocenters. The lowest BCUT2D eigenvalue weighted by molar-refractivity contribution is -0.142. The number of anilines is 1. The fourth-order valence-corrected chi connectivity index (χ4v) is 4.52. The van der Waals surface area contributed by atoms with E-state index in [9.17, 15) is 27.9 Å². The van der Waals surface area contributed by atoms with Gasteiger partial charge in [0.15, 0.2) is 5.60 Å². The number of nitrogens with zero attached hydrogens (tertiary/aromatic N) is 2. The summed E-state index contributed by atoms with van der Waals surface area (Å²) in [5, 5.41) is 11.6. The van der Waals surface area contributed by atoms with Crippen LogP contribution < -0.4 is 10.6 Å². The second-order valence-corrected chi connectivity index (χ2v) is 7.91. The number of aliphatic hydroxyl groups is 1. The lowest BCUT2D eigenvalue weighted by Gasteiger charge is -2.35. The minimum atomic E-state index is -4.99. The van der Waals surface area contributed by atoms with E-state index in [-0.39, 0.29) is 16.3 Å². The van der Waals surface area contributed by atoms with Crippen molar-refractivity contribution in [2.75, 3.05) is 18.0 Å². The van der Waals surface area contributed by atoms with Crippen molar-refractivity contribution in [2.24, 2.45) is 5.73 Å². The van der Waals surface area contributed by atoms with Crippen molar-refractivity contribution in [3.8, 4) is 0 Å². The van der Waals surface area contributed by atoms with Crippen molar-refractivity contribution in [1.29, 1.82) is 0 Å². The molecule has 2 amide bonds. The predicted molar refractivity (Wildman–Crippen MR) is 114 cm³/mol. The largest absolute Gasteiger partial charge is 0.416 e. The molecule has 0 radical (unpaired) electrons. The van der Waals surface area contributed by atoms with E-state index in [1.807, 2.05) is 18.7 Å². The lowest BCUT2D eigenvalue weighted by atomic mass is 9.83. The Hall–Kier alpha value is -2.62. The van der Waals surface area contributed by atoms with E-state index in [4.69, 9.17) is 17.3 Å². The highest BCUT2D eigenvalue weighted by atomic mass is 35.5. The summed E-state index contributed by atoms with van der Waals surface area (Å²) in [6, 6.07) is 7.35. The van der Waals surface area contributed by atoms with Gasteiger partial charge < -0.3 is 10.8 Å². The average Bonchev–Trinajstić information content (AvgIpc) is 2.95. The first-order valence-electron chi connectivity index (χ1n) is 10.00. The number of rotatable bonds is 6. The molecule has 0 bridgehead atoms. The summed E-state index contributed by atoms with van der Waals surface area (Å²) < 4.78 is 42.5. The smallest absolute Gasteiger partial charge is 0.372 e. The Kier molecular flexibility index (Phi) is 6.29. The van der Waals surface area contributed by atoms with Crippen molar-refractivity contribution >= 4 is 29.1 Å². The van der Waals surface area contributed by atoms with Gasteiger partial charge in [-0.25, -0.2) is 0 Å². The van der Waals surface area contributed by atoms with Gasteiger partial charge in [-0.3, -0.25) is 19.4 Å². The van der Waals surface area contributed by atoms with Gasteiger partial charge >= 0.3 is 6.18 Å². The van der Waals surface area contributed by atoms with Crippen LogP contribution >= 0.6 is 11.6 Å². The SMILES string of the molecule is CCN(CC)C(C)N1C(=O)C(O)(c2ccccc2Cl)c2c1cc(C(N)=O)cc2C(F)(F)F. The van der Waals surface area contributed by atoms with E-state index >= 15 is 0 Å². The average molecular weight is 470 g/mol. The predicted octanol–water partition coefficient (Wildman–Crippen LogP) is 3.73. The third-order valence-electron chi connectivity index (χ3n) is 5.84. The Morgan fingerprint density at radius 2 is 1.84 bits per heavy atom. The maximum absolute atomic E-state index is 14.2. The number of amides is 2. The molecule has 2 aromatic rings. The summed E-state index contributed by atoms with van der Waals surface area (Å²) >= 11 is 6.22. The number of hydrogen-bond donors (Lipinski definition) is 2. The molecule has 0 spiro atoms. The van der Waals surface area contributed by atoms with Gasteiger partial charge in [0.05, 0.1) is 17.4 Å². The van der Waals surface area contributed by atoms with Crippen LogP contribution in [0.2, 0.25) is 5.02 Å². The minimum absolute atomic E-state index is 0.0706. The molecule has 172 valence electrons. The third kappa shape index (κ3) is 3.64. The maximum Gasteiger partial charge on any atom is 0.416 e. The second-order valence-electron chi connectivity index (χ2n) is 7.50. The van der Waals surface area contributed by atoms with Crippen LogP contribution in [0.3, 0.4) is 0 Å². The molecular weight excluding hydrogens is 447 g/mol. The Bertz CT molecular complexity index is 1070. The van der Waals surface area contributed by atoms with Crippen molar-refractivity contribution < 1.29 is 27.9 Å². The molecule has 1 aliphatic heterocycles. The van der Waals surface area contributed by atoms with Gasteiger partial charge in [0.1, 0.15) is 0 Å². The van der Waals surface area contributed by atoms with Crippen molar-refractivity contribution in [3.05, 3.63) is 63.7 Å². The molecule has 0 fully saturated rings. The molecule has 0 saturated carbocycles. The van der Waals surface area contributed by atoms with Crippen LogP contribution in [0.15, 0.2) is 36.4 Å². The Morgan fingerprint density at radius 1 is 1.25 bits per heavy atom. The zero-order valence-corrected chi connectivity index (χ0v) is 18.5. The van der Waals surface area contributed by atoms with Crippen LogP contribution in [0.1, 0.15) is 47.8 Å². The third-order valence-corrected chi connectivity index (χ3v) is 6.16. The molecule has 2 aromatic carbocycles. The Balaban J connectivity index is 2.45. The van der Waals surface area contributed by atoms with Crippen molar-refractivity contribution in [2.45, 2.75) is 38.7 Å². The summed E-state index contributed by atoms with van der Waals surface area (Å²) in [7, 11) is 0. The molecule has 1 aliphatic rings. The highest BCUT2D eigenvalue weighted by Gasteiger charge is 2.57. The van der Waals surface area contributed by atoms with Crippen molar-refractivity contribution in [3.63, 3.8) is 0 Å². The maximum atomic E-state index is 14.2. The summed E-state index contributed by atoms with van der Waals surface area (Å²) in [4.78, 5) is 28.4. The lowest BCUT2D eigenvalue weighted by Crippen LogP contribution is -2.52. The molecule has 2 unspecified atom stereocenters. The highest BCUT2D eigenvalue weighted by Crippen LogP contribution is 2.52. The zero-order chi connectivity index (χ0) is 24.0. The number of benzene rings is 2. The molecule has 1 heterocycles. The highest BCUT2D eigenvalue weighted by molar-refractivity contribution is 6.32. The van der Waals surface area contributed by atoms with Crippen LogP contribution in [-0.2, 0) is 16.6 Å². The summed E-state index contributed by atoms with van der Waals surface area (Å²) in [5.41, 5.74) is -0.267. The molecule has 32 heavy (non-hydrogen) atoms. The first kappa shape index (κ1) is 24.0. The Morgan fingerprint density at radius 3 is 2.34 bits per heavy atom. The number of carbonyl (C=O) groups excluding carboxylic acids is 2. The number of nitrogens with two attached hydrogens (primary N) is 1. The summed E-state index contributed by atoms with van der Waals surface area (Å²) in [6.07, 6.45) is -5.71. The molecule has 0 aromatic heterocycles. The molecular formula is C22H23ClF3N3O3. The van der Waals surface area contributed by atoms with E-state index < -0.39 is 46.4 Å². The quantitative estimate of drug-likeness (QED) is 0.675. The summed E-state index contributed by atoms with van der Waals surface area (Å²) in [6.45, 7) is 6.29. The van der Waals surface area contributed by atoms with Crippen LogP contribution in [-0.4, -0.2) is 41.1 Å². The Labute approximate surface area is 188 Å². The standard InChI is InChI=1S/C22H23ClF3N3O3/c1-4-28(5-2)12(3)29-17-11-13(19(27)30)10-15(22(24,25)26)18(17)21(32,20(29)31)14-8-6-7-9-16(14)23/h6-12,32H,4-5H2,1-3H3,(H2,27,30). The van der Waals surface area contributed by atoms with Gasteiger partial charge in [-0.05, 0) is 38.2 Å². The summed E-state index contributed by atoms with van der Waals surface area (Å²) in [5.74, 6) is -2.08. The van der Waals surface area contributed by atoms with E-state index in [1.165, 1.54) is 24.3 Å². The van der Waals surface area contributed by atoms with Crippen LogP contribution in [0.5, 0.6) is 0 Å². The number of carbonyl (C=O) groups is 2. The van der Waals surface area contributed by atoms with E-state index in [1.54, 1.807) is 6.92 Å². The molecule has 6 nitrogen and oxygen atoms in total. The molecule has 0 saturated heterocycles. The van der Waals surface area contributed by atoms with E-state index in [0.717, 1.165) is 11.0 Å². The number of primary amides is 1. The van der Waals surface area contributed by atoms with E-state index in [0.29, 0.717) is 19.2 Å². The zero-order valence-electron chi connectivity index (χ0n) is 17.7. The normalized spacial score (nSPS) is 19.4. The molecule has 0 aliphatic carbocycles. The van der Waals surface area contributed by atoms with Gasteiger partial charge in [0, 0.05) is 21.7 Å².